The van der Waals surface area contributed by atoms with E-state index in [1.807, 2.05) is 13.8 Å². The average molecular weight is 282 g/mol. The topological polar surface area (TPSA) is 80.7 Å². The van der Waals surface area contributed by atoms with E-state index in [-0.39, 0.29) is 16.9 Å². The Morgan fingerprint density at radius 2 is 2.11 bits per heavy atom. The molecule has 0 atom stereocenters. The van der Waals surface area contributed by atoms with E-state index in [4.69, 9.17) is 5.73 Å². The van der Waals surface area contributed by atoms with Gasteiger partial charge in [-0.05, 0) is 26.0 Å². The van der Waals surface area contributed by atoms with Crippen molar-refractivity contribution in [1.29, 1.82) is 0 Å². The van der Waals surface area contributed by atoms with Crippen molar-refractivity contribution >= 4 is 21.5 Å². The lowest BCUT2D eigenvalue weighted by atomic mass is 10.4. The van der Waals surface area contributed by atoms with E-state index >= 15 is 0 Å². The summed E-state index contributed by atoms with van der Waals surface area (Å²) < 4.78 is 28.3. The molecular weight excluding hydrogens is 264 g/mol. The van der Waals surface area contributed by atoms with Crippen LogP contribution < -0.4 is 5.73 Å². The summed E-state index contributed by atoms with van der Waals surface area (Å²) in [5, 5.41) is 0.0404. The summed E-state index contributed by atoms with van der Waals surface area (Å²) in [7, 11) is -3.66. The molecule has 0 unspecified atom stereocenters. The molecule has 19 heavy (non-hydrogen) atoms. The highest BCUT2D eigenvalue weighted by atomic mass is 32.2. The predicted octanol–water partition coefficient (Wildman–Crippen LogP) is 1.34. The highest BCUT2D eigenvalue weighted by Gasteiger charge is 2.31. The van der Waals surface area contributed by atoms with Gasteiger partial charge >= 0.3 is 0 Å². The van der Waals surface area contributed by atoms with Crippen LogP contribution in [0.2, 0.25) is 0 Å². The maximum Gasteiger partial charge on any atom is 0.263 e. The van der Waals surface area contributed by atoms with Crippen LogP contribution in [0.25, 0.3) is 5.65 Å². The van der Waals surface area contributed by atoms with Gasteiger partial charge in [0.25, 0.3) is 10.0 Å². The molecule has 2 heterocycles. The molecule has 0 aromatic carbocycles. The van der Waals surface area contributed by atoms with E-state index < -0.39 is 10.0 Å². The summed E-state index contributed by atoms with van der Waals surface area (Å²) in [6, 6.07) is 5.13. The summed E-state index contributed by atoms with van der Waals surface area (Å²) in [6.45, 7) is 5.86. The van der Waals surface area contributed by atoms with Crippen LogP contribution in [-0.4, -0.2) is 34.7 Å². The largest absolute Gasteiger partial charge is 0.381 e. The molecule has 0 fully saturated rings. The molecule has 0 spiro atoms. The van der Waals surface area contributed by atoms with Crippen molar-refractivity contribution in [1.82, 2.24) is 13.7 Å². The summed E-state index contributed by atoms with van der Waals surface area (Å²) in [4.78, 5) is 4.09. The van der Waals surface area contributed by atoms with Gasteiger partial charge in [0.15, 0.2) is 10.8 Å². The van der Waals surface area contributed by atoms with Gasteiger partial charge < -0.3 is 5.73 Å². The molecule has 7 heteroatoms. The molecule has 2 rings (SSSR count). The number of anilines is 1. The number of hydrogen-bond acceptors (Lipinski definition) is 4. The highest BCUT2D eigenvalue weighted by molar-refractivity contribution is 7.89. The lowest BCUT2D eigenvalue weighted by Crippen LogP contribution is -2.37. The lowest BCUT2D eigenvalue weighted by molar-refractivity contribution is 0.367. The molecular formula is C12H18N4O2S. The minimum absolute atomic E-state index is 0.0327. The van der Waals surface area contributed by atoms with E-state index in [0.29, 0.717) is 12.2 Å². The molecule has 0 saturated carbocycles. The van der Waals surface area contributed by atoms with E-state index in [2.05, 4.69) is 4.98 Å². The van der Waals surface area contributed by atoms with Crippen molar-refractivity contribution in [2.45, 2.75) is 31.8 Å². The molecule has 6 nitrogen and oxygen atoms in total. The number of nitrogens with two attached hydrogens (primary N) is 1. The van der Waals surface area contributed by atoms with Crippen molar-refractivity contribution in [2.24, 2.45) is 0 Å². The van der Waals surface area contributed by atoms with Crippen LogP contribution in [0.15, 0.2) is 29.4 Å². The van der Waals surface area contributed by atoms with Crippen molar-refractivity contribution < 1.29 is 8.42 Å². The SMILES string of the molecule is CCN(C(C)C)S(=O)(=O)c1c(N)nc2ccccn12. The molecule has 0 amide bonds. The van der Waals surface area contributed by atoms with Crippen LogP contribution in [0.1, 0.15) is 20.8 Å². The molecule has 2 aromatic rings. The first-order valence-electron chi connectivity index (χ1n) is 6.14. The molecule has 0 aliphatic carbocycles. The van der Waals surface area contributed by atoms with Crippen LogP contribution >= 0.6 is 0 Å². The summed E-state index contributed by atoms with van der Waals surface area (Å²) in [6.07, 6.45) is 1.65. The second kappa shape index (κ2) is 4.82. The van der Waals surface area contributed by atoms with Gasteiger partial charge in [0.05, 0.1) is 0 Å². The molecule has 2 aromatic heterocycles. The first-order chi connectivity index (χ1) is 8.89. The van der Waals surface area contributed by atoms with Crippen molar-refractivity contribution in [3.8, 4) is 0 Å². The number of hydrogen-bond donors (Lipinski definition) is 1. The third-order valence-electron chi connectivity index (χ3n) is 2.95. The second-order valence-corrected chi connectivity index (χ2v) is 6.34. The molecule has 0 aliphatic rings. The Hall–Kier alpha value is -1.60. The fourth-order valence-electron chi connectivity index (χ4n) is 2.17. The first kappa shape index (κ1) is 13.8. The quantitative estimate of drug-likeness (QED) is 0.917. The Morgan fingerprint density at radius 1 is 1.42 bits per heavy atom. The van der Waals surface area contributed by atoms with Crippen LogP contribution in [0.3, 0.4) is 0 Å². The summed E-state index contributed by atoms with van der Waals surface area (Å²) in [5.74, 6) is 0.0327. The molecule has 2 N–H and O–H groups in total. The van der Waals surface area contributed by atoms with Gasteiger partial charge in [0.1, 0.15) is 5.65 Å². The van der Waals surface area contributed by atoms with Crippen molar-refractivity contribution in [3.05, 3.63) is 24.4 Å². The number of fused-ring (bicyclic) bond motifs is 1. The van der Waals surface area contributed by atoms with Gasteiger partial charge in [-0.1, -0.05) is 13.0 Å². The van der Waals surface area contributed by atoms with Gasteiger partial charge in [-0.3, -0.25) is 4.40 Å². The number of aromatic nitrogens is 2. The van der Waals surface area contributed by atoms with Crippen LogP contribution in [-0.2, 0) is 10.0 Å². The van der Waals surface area contributed by atoms with E-state index in [0.717, 1.165) is 0 Å². The fraction of sp³-hybridized carbons (Fsp3) is 0.417. The van der Waals surface area contributed by atoms with Crippen molar-refractivity contribution in [2.75, 3.05) is 12.3 Å². The minimum Gasteiger partial charge on any atom is -0.381 e. The second-order valence-electron chi connectivity index (χ2n) is 4.53. The third-order valence-corrected chi connectivity index (χ3v) is 5.14. The van der Waals surface area contributed by atoms with E-state index in [1.165, 1.54) is 8.71 Å². The zero-order valence-corrected chi connectivity index (χ0v) is 12.1. The highest BCUT2D eigenvalue weighted by Crippen LogP contribution is 2.24. The standard InChI is InChI=1S/C12H18N4O2S/c1-4-16(9(2)3)19(17,18)12-11(13)14-10-7-5-6-8-15(10)12/h5-9H,4,13H2,1-3H3. The maximum absolute atomic E-state index is 12.7. The Labute approximate surface area is 112 Å². The minimum atomic E-state index is -3.66. The first-order valence-corrected chi connectivity index (χ1v) is 7.58. The van der Waals surface area contributed by atoms with E-state index in [9.17, 15) is 8.42 Å². The van der Waals surface area contributed by atoms with Crippen LogP contribution in [0.5, 0.6) is 0 Å². The van der Waals surface area contributed by atoms with Gasteiger partial charge in [-0.15, -0.1) is 0 Å². The number of rotatable bonds is 4. The third kappa shape index (κ3) is 2.19. The van der Waals surface area contributed by atoms with Crippen LogP contribution in [0, 0.1) is 0 Å². The smallest absolute Gasteiger partial charge is 0.263 e. The molecule has 0 aliphatic heterocycles. The Kier molecular flexibility index (Phi) is 3.51. The number of nitrogen functional groups attached to an aromatic ring is 1. The van der Waals surface area contributed by atoms with Gasteiger partial charge in [0, 0.05) is 18.8 Å². The van der Waals surface area contributed by atoms with Crippen molar-refractivity contribution in [3.63, 3.8) is 0 Å². The molecule has 104 valence electrons. The zero-order chi connectivity index (χ0) is 14.2. The maximum atomic E-state index is 12.7. The Morgan fingerprint density at radius 3 is 2.68 bits per heavy atom. The van der Waals surface area contributed by atoms with E-state index in [1.54, 1.807) is 31.3 Å². The Bertz CT molecular complexity index is 691. The zero-order valence-electron chi connectivity index (χ0n) is 11.2. The number of pyridine rings is 1. The van der Waals surface area contributed by atoms with Gasteiger partial charge in [-0.2, -0.15) is 4.31 Å². The normalized spacial score (nSPS) is 12.7. The Balaban J connectivity index is 2.70. The number of sulfonamides is 1. The summed E-state index contributed by atoms with van der Waals surface area (Å²) in [5.41, 5.74) is 6.32. The van der Waals surface area contributed by atoms with Crippen LogP contribution in [0.4, 0.5) is 5.82 Å². The fourth-order valence-corrected chi connectivity index (χ4v) is 4.00. The van der Waals surface area contributed by atoms with Gasteiger partial charge in [-0.25, -0.2) is 13.4 Å². The number of imidazole rings is 1. The molecule has 0 bridgehead atoms. The monoisotopic (exact) mass is 282 g/mol. The average Bonchev–Trinajstić information content (AvgIpc) is 2.65. The molecule has 0 saturated heterocycles. The number of nitrogens with zero attached hydrogens (tertiary/aromatic N) is 3. The summed E-state index contributed by atoms with van der Waals surface area (Å²) >= 11 is 0. The van der Waals surface area contributed by atoms with Gasteiger partial charge in [0.2, 0.25) is 0 Å². The predicted molar refractivity (Wildman–Crippen MR) is 74.3 cm³/mol. The lowest BCUT2D eigenvalue weighted by Gasteiger charge is -2.24. The molecule has 0 radical (unpaired) electrons.